The van der Waals surface area contributed by atoms with E-state index in [1.807, 2.05) is 20.8 Å². The number of nitrogens with one attached hydrogen (secondary N) is 2. The molecule has 158 valence electrons. The second kappa shape index (κ2) is 11.4. The average Bonchev–Trinajstić information content (AvgIpc) is 3.05. The fraction of sp³-hybridized carbons (Fsp3) is 0.900. The van der Waals surface area contributed by atoms with Crippen molar-refractivity contribution in [1.29, 1.82) is 0 Å². The van der Waals surface area contributed by atoms with Crippen LogP contribution < -0.4 is 10.6 Å². The minimum absolute atomic E-state index is 0.270. The third-order valence-electron chi connectivity index (χ3n) is 4.86. The van der Waals surface area contributed by atoms with Gasteiger partial charge in [0.05, 0.1) is 0 Å². The molecule has 27 heavy (non-hydrogen) atoms. The largest absolute Gasteiger partial charge is 0.444 e. The third kappa shape index (κ3) is 9.31. The summed E-state index contributed by atoms with van der Waals surface area (Å²) in [5.74, 6) is 0.804. The van der Waals surface area contributed by atoms with Crippen LogP contribution in [0.5, 0.6) is 0 Å². The number of hydrogen-bond acceptors (Lipinski definition) is 4. The van der Waals surface area contributed by atoms with Crippen LogP contribution in [0.1, 0.15) is 59.8 Å². The van der Waals surface area contributed by atoms with E-state index in [1.54, 1.807) is 19.1 Å². The van der Waals surface area contributed by atoms with Gasteiger partial charge in [-0.05, 0) is 52.4 Å². The summed E-state index contributed by atoms with van der Waals surface area (Å²) in [6.07, 6.45) is 5.76. The highest BCUT2D eigenvalue weighted by Crippen LogP contribution is 2.41. The highest BCUT2D eigenvalue weighted by molar-refractivity contribution is 5.79. The topological polar surface area (TPSA) is 75.2 Å². The molecule has 1 fully saturated rings. The number of rotatable bonds is 9. The molecule has 1 rings (SSSR count). The van der Waals surface area contributed by atoms with E-state index in [2.05, 4.69) is 17.6 Å². The van der Waals surface area contributed by atoms with Crippen LogP contribution >= 0.6 is 0 Å². The molecule has 0 radical (unpaired) electrons. The van der Waals surface area contributed by atoms with Gasteiger partial charge in [-0.1, -0.05) is 12.8 Å². The Labute approximate surface area is 165 Å². The fourth-order valence-corrected chi connectivity index (χ4v) is 3.29. The molecular weight excluding hydrogens is 344 g/mol. The van der Waals surface area contributed by atoms with E-state index in [0.717, 1.165) is 32.1 Å². The van der Waals surface area contributed by atoms with Crippen LogP contribution in [0.25, 0.3) is 0 Å². The smallest absolute Gasteiger partial charge is 0.410 e. The molecule has 0 spiro atoms. The minimum atomic E-state index is -0.479. The number of carbonyl (C=O) groups is 1. The zero-order valence-electron chi connectivity index (χ0n) is 18.2. The number of aliphatic imine (C=N–C) groups is 1. The summed E-state index contributed by atoms with van der Waals surface area (Å²) >= 11 is 0. The predicted molar refractivity (Wildman–Crippen MR) is 110 cm³/mol. The maximum absolute atomic E-state index is 12.0. The SMILES string of the molecule is CCNC(=NCC1(CCOC)CCCC1)NCCN(C)C(=O)OC(C)(C)C. The van der Waals surface area contributed by atoms with Gasteiger partial charge >= 0.3 is 6.09 Å². The second-order valence-electron chi connectivity index (χ2n) is 8.47. The summed E-state index contributed by atoms with van der Waals surface area (Å²) in [7, 11) is 3.51. The minimum Gasteiger partial charge on any atom is -0.444 e. The van der Waals surface area contributed by atoms with E-state index in [0.29, 0.717) is 13.1 Å². The van der Waals surface area contributed by atoms with E-state index in [-0.39, 0.29) is 11.5 Å². The van der Waals surface area contributed by atoms with Crippen molar-refractivity contribution in [3.05, 3.63) is 0 Å². The first kappa shape index (κ1) is 23.5. The monoisotopic (exact) mass is 384 g/mol. The summed E-state index contributed by atoms with van der Waals surface area (Å²) in [4.78, 5) is 18.4. The predicted octanol–water partition coefficient (Wildman–Crippen LogP) is 3.01. The maximum atomic E-state index is 12.0. The van der Waals surface area contributed by atoms with Crippen molar-refractivity contribution in [2.45, 2.75) is 65.4 Å². The lowest BCUT2D eigenvalue weighted by Crippen LogP contribution is -2.43. The van der Waals surface area contributed by atoms with Crippen LogP contribution in [-0.2, 0) is 9.47 Å². The number of hydrogen-bond donors (Lipinski definition) is 2. The van der Waals surface area contributed by atoms with Crippen molar-refractivity contribution in [2.75, 3.05) is 46.9 Å². The van der Waals surface area contributed by atoms with Crippen molar-refractivity contribution >= 4 is 12.1 Å². The standard InChI is InChI=1S/C20H40N4O3/c1-7-21-17(22-13-14-24(5)18(25)27-19(2,3)4)23-16-20(12-15-26-6)10-8-9-11-20/h7-16H2,1-6H3,(H2,21,22,23). The Morgan fingerprint density at radius 3 is 2.44 bits per heavy atom. The van der Waals surface area contributed by atoms with Gasteiger partial charge in [-0.15, -0.1) is 0 Å². The lowest BCUT2D eigenvalue weighted by Gasteiger charge is -2.27. The number of carbonyl (C=O) groups excluding carboxylic acids is 1. The van der Waals surface area contributed by atoms with E-state index in [9.17, 15) is 4.79 Å². The summed E-state index contributed by atoms with van der Waals surface area (Å²) in [6, 6.07) is 0. The lowest BCUT2D eigenvalue weighted by atomic mass is 9.83. The molecular formula is C20H40N4O3. The van der Waals surface area contributed by atoms with Crippen LogP contribution in [0.2, 0.25) is 0 Å². The van der Waals surface area contributed by atoms with Gasteiger partial charge in [0.1, 0.15) is 5.60 Å². The highest BCUT2D eigenvalue weighted by Gasteiger charge is 2.33. The van der Waals surface area contributed by atoms with Gasteiger partial charge in [0.25, 0.3) is 0 Å². The molecule has 7 nitrogen and oxygen atoms in total. The fourth-order valence-electron chi connectivity index (χ4n) is 3.29. The summed E-state index contributed by atoms with van der Waals surface area (Å²) in [5, 5.41) is 6.62. The zero-order valence-corrected chi connectivity index (χ0v) is 18.2. The molecule has 1 aliphatic carbocycles. The number of guanidine groups is 1. The van der Waals surface area contributed by atoms with E-state index in [1.165, 1.54) is 25.7 Å². The van der Waals surface area contributed by atoms with Gasteiger partial charge in [0, 0.05) is 46.9 Å². The molecule has 7 heteroatoms. The highest BCUT2D eigenvalue weighted by atomic mass is 16.6. The van der Waals surface area contributed by atoms with Crippen LogP contribution in [-0.4, -0.2) is 69.5 Å². The first-order chi connectivity index (χ1) is 12.7. The zero-order chi connectivity index (χ0) is 20.3. The molecule has 0 heterocycles. The number of amides is 1. The average molecular weight is 385 g/mol. The Morgan fingerprint density at radius 2 is 1.89 bits per heavy atom. The second-order valence-corrected chi connectivity index (χ2v) is 8.47. The van der Waals surface area contributed by atoms with Crippen molar-refractivity contribution in [2.24, 2.45) is 10.4 Å². The lowest BCUT2D eigenvalue weighted by molar-refractivity contribution is 0.0302. The van der Waals surface area contributed by atoms with Crippen LogP contribution in [0, 0.1) is 5.41 Å². The van der Waals surface area contributed by atoms with Gasteiger partial charge < -0.3 is 25.0 Å². The molecule has 0 saturated heterocycles. The molecule has 1 aliphatic rings. The molecule has 0 aromatic carbocycles. The van der Waals surface area contributed by atoms with Gasteiger partial charge in [-0.3, -0.25) is 4.99 Å². The van der Waals surface area contributed by atoms with Crippen LogP contribution in [0.4, 0.5) is 4.79 Å². The molecule has 0 bridgehead atoms. The number of likely N-dealkylation sites (N-methyl/N-ethyl adjacent to an activating group) is 1. The Morgan fingerprint density at radius 1 is 1.22 bits per heavy atom. The Kier molecular flexibility index (Phi) is 9.91. The number of nitrogens with zero attached hydrogens (tertiary/aromatic N) is 2. The number of ether oxygens (including phenoxy) is 2. The molecule has 0 unspecified atom stereocenters. The van der Waals surface area contributed by atoms with E-state index in [4.69, 9.17) is 14.5 Å². The molecule has 0 aliphatic heterocycles. The van der Waals surface area contributed by atoms with Gasteiger partial charge in [0.2, 0.25) is 0 Å². The molecule has 0 aromatic rings. The maximum Gasteiger partial charge on any atom is 0.410 e. The summed E-state index contributed by atoms with van der Waals surface area (Å²) in [5.41, 5.74) is -0.210. The van der Waals surface area contributed by atoms with E-state index >= 15 is 0 Å². The normalized spacial score (nSPS) is 16.9. The van der Waals surface area contributed by atoms with Crippen molar-refractivity contribution < 1.29 is 14.3 Å². The first-order valence-corrected chi connectivity index (χ1v) is 10.2. The molecule has 0 atom stereocenters. The Balaban J connectivity index is 2.52. The van der Waals surface area contributed by atoms with E-state index < -0.39 is 5.60 Å². The molecule has 1 saturated carbocycles. The third-order valence-corrected chi connectivity index (χ3v) is 4.86. The Hall–Kier alpha value is -1.50. The van der Waals surface area contributed by atoms with Crippen molar-refractivity contribution in [1.82, 2.24) is 15.5 Å². The van der Waals surface area contributed by atoms with Crippen LogP contribution in [0.3, 0.4) is 0 Å². The molecule has 0 aromatic heterocycles. The first-order valence-electron chi connectivity index (χ1n) is 10.2. The quantitative estimate of drug-likeness (QED) is 0.472. The van der Waals surface area contributed by atoms with Crippen molar-refractivity contribution in [3.63, 3.8) is 0 Å². The molecule has 1 amide bonds. The summed E-state index contributed by atoms with van der Waals surface area (Å²) in [6.45, 7) is 11.2. The molecule has 2 N–H and O–H groups in total. The van der Waals surface area contributed by atoms with Gasteiger partial charge in [0.15, 0.2) is 5.96 Å². The number of methoxy groups -OCH3 is 1. The van der Waals surface area contributed by atoms with Crippen molar-refractivity contribution in [3.8, 4) is 0 Å². The van der Waals surface area contributed by atoms with Gasteiger partial charge in [-0.2, -0.15) is 0 Å². The van der Waals surface area contributed by atoms with Crippen LogP contribution in [0.15, 0.2) is 4.99 Å². The van der Waals surface area contributed by atoms with Gasteiger partial charge in [-0.25, -0.2) is 4.79 Å². The Bertz CT molecular complexity index is 468. The summed E-state index contributed by atoms with van der Waals surface area (Å²) < 4.78 is 10.7.